The van der Waals surface area contributed by atoms with Gasteiger partial charge in [-0.25, -0.2) is 0 Å². The molecule has 20 heavy (non-hydrogen) atoms. The van der Waals surface area contributed by atoms with Crippen LogP contribution in [0.1, 0.15) is 19.8 Å². The van der Waals surface area contributed by atoms with Crippen molar-refractivity contribution in [2.45, 2.75) is 36.5 Å². The molecule has 0 aromatic carbocycles. The molecule has 2 atom stereocenters. The van der Waals surface area contributed by atoms with Crippen LogP contribution in [-0.2, 0) is 4.79 Å². The van der Waals surface area contributed by atoms with Crippen molar-refractivity contribution in [3.05, 3.63) is 22.7 Å². The van der Waals surface area contributed by atoms with Gasteiger partial charge in [0.15, 0.2) is 5.78 Å². The zero-order valence-electron chi connectivity index (χ0n) is 11.4. The summed E-state index contributed by atoms with van der Waals surface area (Å²) in [6, 6.07) is 0. The lowest BCUT2D eigenvalue weighted by Crippen LogP contribution is -2.81. The molecule has 0 heterocycles. The average molecular weight is 279 g/mol. The smallest absolute Gasteiger partial charge is 0.194 e. The largest absolute Gasteiger partial charge is 0.401 e. The van der Waals surface area contributed by atoms with Crippen LogP contribution in [0.15, 0.2) is 22.7 Å². The second-order valence-corrected chi connectivity index (χ2v) is 6.41. The minimum atomic E-state index is -1.69. The van der Waals surface area contributed by atoms with Gasteiger partial charge in [-0.05, 0) is 19.8 Å². The van der Waals surface area contributed by atoms with Gasteiger partial charge < -0.3 is 40.1 Å². The normalized spacial score (nSPS) is 41.4. The van der Waals surface area contributed by atoms with Gasteiger partial charge in [0, 0.05) is 16.7 Å². The number of ketones is 1. The highest BCUT2D eigenvalue weighted by Gasteiger charge is 2.74. The molecule has 0 bridgehead atoms. The number of fused-ring (bicyclic) bond motifs is 1. The summed E-state index contributed by atoms with van der Waals surface area (Å²) in [5.41, 5.74) is 38.3. The summed E-state index contributed by atoms with van der Waals surface area (Å²) in [6.45, 7) is 1.54. The Morgan fingerprint density at radius 2 is 1.45 bits per heavy atom. The van der Waals surface area contributed by atoms with Crippen molar-refractivity contribution >= 4 is 5.78 Å². The lowest BCUT2D eigenvalue weighted by Gasteiger charge is -2.49. The Balaban J connectivity index is 2.40. The van der Waals surface area contributed by atoms with E-state index in [2.05, 4.69) is 0 Å². The third-order valence-corrected chi connectivity index (χ3v) is 5.39. The molecule has 1 unspecified atom stereocenters. The summed E-state index contributed by atoms with van der Waals surface area (Å²) in [4.78, 5) is 12.9. The van der Waals surface area contributed by atoms with Crippen molar-refractivity contribution in [2.24, 2.45) is 45.6 Å². The Morgan fingerprint density at radius 1 is 0.950 bits per heavy atom. The van der Waals surface area contributed by atoms with E-state index in [0.29, 0.717) is 24.1 Å². The van der Waals surface area contributed by atoms with Crippen molar-refractivity contribution in [3.63, 3.8) is 0 Å². The van der Waals surface area contributed by atoms with Crippen molar-refractivity contribution in [1.29, 1.82) is 0 Å². The Labute approximate surface area is 116 Å². The summed E-state index contributed by atoms with van der Waals surface area (Å²) < 4.78 is 0. The van der Waals surface area contributed by atoms with Gasteiger partial charge in [-0.2, -0.15) is 0 Å². The lowest BCUT2D eigenvalue weighted by molar-refractivity contribution is -0.132. The van der Waals surface area contributed by atoms with Crippen LogP contribution < -0.4 is 40.1 Å². The predicted molar refractivity (Wildman–Crippen MR) is 73.9 cm³/mol. The molecule has 14 N–H and O–H groups in total. The molecule has 1 fully saturated rings. The van der Waals surface area contributed by atoms with Crippen LogP contribution in [0, 0.1) is 5.41 Å². The molecule has 110 valence electrons. The first-order chi connectivity index (χ1) is 8.96. The molecule has 3 aliphatic rings. The molecule has 3 rings (SSSR count). The molecule has 0 aromatic heterocycles. The van der Waals surface area contributed by atoms with Crippen LogP contribution in [0.2, 0.25) is 0 Å². The number of carbonyl (C=O) groups excluding carboxylic acids is 1. The number of carbonyl (C=O) groups is 1. The van der Waals surface area contributed by atoms with E-state index in [1.54, 1.807) is 0 Å². The fourth-order valence-corrected chi connectivity index (χ4v) is 3.62. The van der Waals surface area contributed by atoms with Crippen LogP contribution in [0.4, 0.5) is 0 Å². The Bertz CT molecular complexity index is 611. The summed E-state index contributed by atoms with van der Waals surface area (Å²) in [5.74, 6) is -0.569. The highest BCUT2D eigenvalue weighted by atomic mass is 16.1. The minimum absolute atomic E-state index is 0.139. The van der Waals surface area contributed by atoms with E-state index in [1.807, 2.05) is 0 Å². The van der Waals surface area contributed by atoms with E-state index >= 15 is 0 Å². The highest BCUT2D eigenvalue weighted by molar-refractivity contribution is 6.06. The molecule has 0 aliphatic heterocycles. The summed E-state index contributed by atoms with van der Waals surface area (Å²) in [6.07, 6.45) is 1.23. The second kappa shape index (κ2) is 3.01. The molecule has 8 heteroatoms. The highest BCUT2D eigenvalue weighted by Crippen LogP contribution is 2.62. The van der Waals surface area contributed by atoms with Crippen molar-refractivity contribution in [1.82, 2.24) is 0 Å². The number of Topliss-reactive ketones (excluding diaryl/α,β-unsaturated/α-hetero) is 1. The third-order valence-electron chi connectivity index (χ3n) is 5.39. The van der Waals surface area contributed by atoms with E-state index in [9.17, 15) is 4.79 Å². The van der Waals surface area contributed by atoms with Gasteiger partial charge in [0.25, 0.3) is 0 Å². The zero-order chi connectivity index (χ0) is 15.3. The van der Waals surface area contributed by atoms with Gasteiger partial charge in [0.1, 0.15) is 11.2 Å². The van der Waals surface area contributed by atoms with E-state index < -0.39 is 27.9 Å². The van der Waals surface area contributed by atoms with E-state index in [1.165, 1.54) is 6.92 Å². The second-order valence-electron chi connectivity index (χ2n) is 6.41. The Kier molecular flexibility index (Phi) is 2.01. The fraction of sp³-hybridized carbons (Fsp3) is 0.583. The maximum atomic E-state index is 12.9. The van der Waals surface area contributed by atoms with Crippen LogP contribution in [-0.4, -0.2) is 22.5 Å². The molecule has 1 saturated carbocycles. The maximum Gasteiger partial charge on any atom is 0.194 e. The van der Waals surface area contributed by atoms with Gasteiger partial charge >= 0.3 is 0 Å². The first-order valence-electron chi connectivity index (χ1n) is 6.43. The molecular weight excluding hydrogens is 258 g/mol. The quantitative estimate of drug-likeness (QED) is 0.224. The monoisotopic (exact) mass is 279 g/mol. The molecular formula is C12H21N7O. The summed E-state index contributed by atoms with van der Waals surface area (Å²) in [7, 11) is 0. The van der Waals surface area contributed by atoms with Crippen molar-refractivity contribution in [3.8, 4) is 0 Å². The van der Waals surface area contributed by atoms with Crippen LogP contribution in [0.3, 0.4) is 0 Å². The fourth-order valence-electron chi connectivity index (χ4n) is 3.62. The lowest BCUT2D eigenvalue weighted by atomic mass is 9.62. The third kappa shape index (κ3) is 0.966. The Morgan fingerprint density at radius 3 is 1.90 bits per heavy atom. The zero-order valence-corrected chi connectivity index (χ0v) is 11.4. The molecule has 0 aromatic rings. The predicted octanol–water partition coefficient (Wildman–Crippen LogP) is -3.27. The van der Waals surface area contributed by atoms with Gasteiger partial charge in [-0.15, -0.1) is 0 Å². The van der Waals surface area contributed by atoms with Crippen molar-refractivity contribution in [2.75, 3.05) is 0 Å². The number of nitrogens with two attached hydrogens (primary N) is 7. The summed E-state index contributed by atoms with van der Waals surface area (Å²) in [5, 5.41) is 0. The number of hydrogen-bond acceptors (Lipinski definition) is 8. The number of rotatable bonds is 0. The van der Waals surface area contributed by atoms with Gasteiger partial charge in [-0.3, -0.25) is 4.79 Å². The van der Waals surface area contributed by atoms with Crippen LogP contribution in [0.25, 0.3) is 0 Å². The van der Waals surface area contributed by atoms with Gasteiger partial charge in [-0.1, -0.05) is 0 Å². The number of hydrogen-bond donors (Lipinski definition) is 7. The first-order valence-corrected chi connectivity index (χ1v) is 6.43. The van der Waals surface area contributed by atoms with E-state index in [-0.39, 0.29) is 11.4 Å². The van der Waals surface area contributed by atoms with Crippen LogP contribution in [0.5, 0.6) is 0 Å². The standard InChI is InChI=1S/C12H21N7O/c1-9(16)7(15)5(13)4-6(14)10(2-3-10)12(18,19)8(20)11(4,9)17/h2-3,13-19H2,1H3/t9-,11?/m1/s1. The molecule has 3 aliphatic carbocycles. The minimum Gasteiger partial charge on any atom is -0.401 e. The maximum absolute atomic E-state index is 12.9. The topological polar surface area (TPSA) is 199 Å². The molecule has 8 nitrogen and oxygen atoms in total. The molecule has 0 radical (unpaired) electrons. The van der Waals surface area contributed by atoms with Crippen LogP contribution >= 0.6 is 0 Å². The first kappa shape index (κ1) is 13.4. The van der Waals surface area contributed by atoms with E-state index in [4.69, 9.17) is 40.1 Å². The SMILES string of the molecule is C[C@@]1(N)C(N)=C(N)C2=C(N)C3(CC3)C(N)(N)C(=O)C21N. The molecule has 0 saturated heterocycles. The van der Waals surface area contributed by atoms with Gasteiger partial charge in [0.05, 0.1) is 16.9 Å². The van der Waals surface area contributed by atoms with Crippen molar-refractivity contribution < 1.29 is 4.79 Å². The van der Waals surface area contributed by atoms with Gasteiger partial charge in [0.2, 0.25) is 0 Å². The average Bonchev–Trinajstić information content (AvgIpc) is 3.13. The molecule has 1 spiro atoms. The molecule has 0 amide bonds. The van der Waals surface area contributed by atoms with E-state index in [0.717, 1.165) is 0 Å². The Hall–Kier alpha value is -1.61. The summed E-state index contributed by atoms with van der Waals surface area (Å²) >= 11 is 0.